The molecule has 63 heavy (non-hydrogen) atoms. The molecule has 6 rings (SSSR count). The van der Waals surface area contributed by atoms with E-state index in [0.29, 0.717) is 23.4 Å². The number of para-hydroxylation sites is 2. The van der Waals surface area contributed by atoms with Crippen LogP contribution in [0.4, 0.5) is 29.7 Å². The van der Waals surface area contributed by atoms with Gasteiger partial charge in [0.25, 0.3) is 5.91 Å². The summed E-state index contributed by atoms with van der Waals surface area (Å²) in [5.41, 5.74) is 11.0. The molecule has 0 radical (unpaired) electrons. The predicted molar refractivity (Wildman–Crippen MR) is 236 cm³/mol. The van der Waals surface area contributed by atoms with Crippen LogP contribution in [-0.4, -0.2) is 125 Å². The van der Waals surface area contributed by atoms with E-state index in [4.69, 9.17) is 5.73 Å². The Labute approximate surface area is 365 Å². The molecule has 0 spiro atoms. The maximum Gasteiger partial charge on any atom is 0.324 e. The lowest BCUT2D eigenvalue weighted by Crippen LogP contribution is -2.50. The number of anilines is 2. The highest BCUT2D eigenvalue weighted by molar-refractivity contribution is 7.91. The summed E-state index contributed by atoms with van der Waals surface area (Å²) >= 11 is 0. The Bertz CT molecular complexity index is 2500. The molecule has 4 aromatic carbocycles. The van der Waals surface area contributed by atoms with Crippen molar-refractivity contribution in [1.82, 2.24) is 15.1 Å². The smallest absolute Gasteiger partial charge is 0.324 e. The van der Waals surface area contributed by atoms with Gasteiger partial charge in [0.05, 0.1) is 49.2 Å². The molecule has 3 N–H and O–H groups in total. The van der Waals surface area contributed by atoms with Crippen LogP contribution in [0.3, 0.4) is 0 Å². The van der Waals surface area contributed by atoms with Crippen LogP contribution in [0.5, 0.6) is 0 Å². The summed E-state index contributed by atoms with van der Waals surface area (Å²) in [6.45, 7) is 4.28. The molecule has 0 bridgehead atoms. The zero-order valence-electron chi connectivity index (χ0n) is 34.9. The minimum Gasteiger partial charge on any atom is -0.344 e. The van der Waals surface area contributed by atoms with E-state index in [2.05, 4.69) is 0 Å². The second-order valence-electron chi connectivity index (χ2n) is 15.1. The van der Waals surface area contributed by atoms with Gasteiger partial charge >= 0.3 is 18.5 Å². The summed E-state index contributed by atoms with van der Waals surface area (Å²) in [4.78, 5) is 67.8. The molecule has 0 unspecified atom stereocenters. The molecule has 19 heteroatoms. The zero-order chi connectivity index (χ0) is 45.9. The summed E-state index contributed by atoms with van der Waals surface area (Å²) in [6, 6.07) is 27.7. The number of aryl methyl sites for hydroxylation is 2. The molecule has 5 amide bonds. The number of nitrogens with two attached hydrogens (primary N) is 1. The third-order valence-electron chi connectivity index (χ3n) is 10.5. The Balaban J connectivity index is 0.000000240. The van der Waals surface area contributed by atoms with Gasteiger partial charge < -0.3 is 20.9 Å². The fourth-order valence-corrected chi connectivity index (χ4v) is 9.22. The first-order valence-electron chi connectivity index (χ1n) is 20.0. The van der Waals surface area contributed by atoms with Crippen LogP contribution in [0.1, 0.15) is 43.0 Å². The molecule has 2 heterocycles. The Kier molecular flexibility index (Phi) is 16.3. The second-order valence-corrected chi connectivity index (χ2v) is 19.7. The summed E-state index contributed by atoms with van der Waals surface area (Å²) < 4.78 is 71.5. The van der Waals surface area contributed by atoms with Crippen LogP contribution in [0.2, 0.25) is 0 Å². The van der Waals surface area contributed by atoms with E-state index < -0.39 is 44.3 Å². The average Bonchev–Trinajstić information content (AvgIpc) is 3.27. The Morgan fingerprint density at radius 3 is 1.32 bits per heavy atom. The average molecular weight is 909 g/mol. The molecule has 2 saturated heterocycles. The fourth-order valence-electron chi connectivity index (χ4n) is 6.81. The van der Waals surface area contributed by atoms with E-state index in [1.807, 2.05) is 67.7 Å². The number of alkyl halides is 2. The lowest BCUT2D eigenvalue weighted by Gasteiger charge is -2.33. The molecule has 15 nitrogen and oxygen atoms in total. The van der Waals surface area contributed by atoms with Crippen LogP contribution in [0, 0.1) is 13.8 Å². The van der Waals surface area contributed by atoms with E-state index >= 15 is 0 Å². The van der Waals surface area contributed by atoms with E-state index in [0.717, 1.165) is 22.4 Å². The molecule has 0 atom stereocenters. The highest BCUT2D eigenvalue weighted by Gasteiger charge is 2.31. The number of carbonyl (C=O) groups excluding carboxylic acids is 5. The zero-order valence-corrected chi connectivity index (χ0v) is 36.5. The number of nitrogens with zero attached hydrogens (tertiary/aromatic N) is 4. The summed E-state index contributed by atoms with van der Waals surface area (Å²) in [5, 5.41) is 1.87. The van der Waals surface area contributed by atoms with Gasteiger partial charge in [0.1, 0.15) is 0 Å². The third-order valence-corrected chi connectivity index (χ3v) is 13.8. The number of carbonyl (C=O) groups is 5. The van der Waals surface area contributed by atoms with Gasteiger partial charge in [-0.15, -0.1) is 0 Å². The van der Waals surface area contributed by atoms with Crippen molar-refractivity contribution < 1.29 is 49.6 Å². The number of hydrogen-bond acceptors (Lipinski definition) is 10. The number of ketones is 2. The van der Waals surface area contributed by atoms with Crippen molar-refractivity contribution in [3.8, 4) is 0 Å². The highest BCUT2D eigenvalue weighted by atomic mass is 32.2. The minimum atomic E-state index is -3.19. The van der Waals surface area contributed by atoms with Gasteiger partial charge in [0.2, 0.25) is 0 Å². The van der Waals surface area contributed by atoms with Gasteiger partial charge in [0, 0.05) is 48.7 Å². The number of Topliss-reactive ketones (excluding diaryl/α,β-unsaturated/α-hetero) is 2. The first kappa shape index (κ1) is 48.0. The summed E-state index contributed by atoms with van der Waals surface area (Å²) in [7, 11) is -6.22. The number of benzene rings is 4. The highest BCUT2D eigenvalue weighted by Crippen LogP contribution is 2.26. The SMILES string of the molecule is Cc1ccccc1N(Cc1ccc(C(=O)CN)cc1)C(=O)N1CCS(=O)(=O)CC1.Cc1ccccc1N(Cc1ccc(C(=O)CNC(=O)C(F)F)cc1)C(=O)N1CCS(=O)(=O)CC1. The predicted octanol–water partition coefficient (Wildman–Crippen LogP) is 4.41. The van der Waals surface area contributed by atoms with Gasteiger partial charge in [0.15, 0.2) is 31.2 Å². The molecule has 0 saturated carbocycles. The molecule has 2 aliphatic rings. The first-order valence-corrected chi connectivity index (χ1v) is 23.7. The third kappa shape index (κ3) is 13.2. The van der Waals surface area contributed by atoms with E-state index in [1.165, 1.54) is 17.0 Å². The minimum absolute atomic E-state index is 0.0176. The Hall–Kier alpha value is -6.05. The van der Waals surface area contributed by atoms with Crippen molar-refractivity contribution in [2.45, 2.75) is 33.4 Å². The standard InChI is InChI=1S/C23H25F2N3O5S.C21H25N3O4S/c1-16-4-2-3-5-19(16)28(23(31)27-10-12-34(32,33)13-11-27)15-17-6-8-18(9-7-17)20(29)14-26-22(30)21(24)25;1-16-4-2-3-5-19(16)24(21(26)23-10-12-29(27,28)13-11-23)15-17-6-8-18(9-7-17)20(25)14-22/h2-9,21H,10-15H2,1H3,(H,26,30);2-9H,10-15,22H2,1H3. The number of sulfone groups is 2. The number of amides is 5. The van der Waals surface area contributed by atoms with Gasteiger partial charge in [-0.05, 0) is 48.2 Å². The van der Waals surface area contributed by atoms with E-state index in [9.17, 15) is 49.6 Å². The van der Waals surface area contributed by atoms with E-state index in [-0.39, 0.29) is 85.7 Å². The maximum atomic E-state index is 13.3. The van der Waals surface area contributed by atoms with Crippen LogP contribution in [-0.2, 0) is 37.6 Å². The van der Waals surface area contributed by atoms with Crippen molar-refractivity contribution in [1.29, 1.82) is 0 Å². The van der Waals surface area contributed by atoms with Crippen LogP contribution in [0.25, 0.3) is 0 Å². The topological polar surface area (TPSA) is 205 Å². The first-order chi connectivity index (χ1) is 29.9. The summed E-state index contributed by atoms with van der Waals surface area (Å²) in [5.74, 6) is -2.38. The van der Waals surface area contributed by atoms with Gasteiger partial charge in [-0.3, -0.25) is 24.2 Å². The molecular weight excluding hydrogens is 859 g/mol. The number of urea groups is 2. The lowest BCUT2D eigenvalue weighted by molar-refractivity contribution is -0.131. The number of rotatable bonds is 12. The molecule has 4 aromatic rings. The second kappa shape index (κ2) is 21.4. The Morgan fingerprint density at radius 2 is 0.968 bits per heavy atom. The number of halogens is 2. The Morgan fingerprint density at radius 1 is 0.603 bits per heavy atom. The molecule has 0 aromatic heterocycles. The number of nitrogens with one attached hydrogen (secondary N) is 1. The van der Waals surface area contributed by atoms with Gasteiger partial charge in [-0.1, -0.05) is 84.9 Å². The van der Waals surface area contributed by atoms with E-state index in [1.54, 1.807) is 51.1 Å². The maximum absolute atomic E-state index is 13.3. The summed E-state index contributed by atoms with van der Waals surface area (Å²) in [6.07, 6.45) is -3.19. The lowest BCUT2D eigenvalue weighted by atomic mass is 10.1. The van der Waals surface area contributed by atoms with Gasteiger partial charge in [-0.2, -0.15) is 8.78 Å². The fraction of sp³-hybridized carbons (Fsp3) is 0.341. The van der Waals surface area contributed by atoms with Crippen molar-refractivity contribution in [3.63, 3.8) is 0 Å². The molecule has 2 aliphatic heterocycles. The van der Waals surface area contributed by atoms with Crippen molar-refractivity contribution >= 4 is 60.6 Å². The molecular formula is C44H50F2N6O9S2. The monoisotopic (exact) mass is 908 g/mol. The molecule has 336 valence electrons. The molecule has 2 fully saturated rings. The normalized spacial score (nSPS) is 15.4. The van der Waals surface area contributed by atoms with Crippen molar-refractivity contribution in [3.05, 3.63) is 130 Å². The van der Waals surface area contributed by atoms with Crippen LogP contribution >= 0.6 is 0 Å². The van der Waals surface area contributed by atoms with Crippen LogP contribution < -0.4 is 20.9 Å². The largest absolute Gasteiger partial charge is 0.344 e. The van der Waals surface area contributed by atoms with Crippen molar-refractivity contribution in [2.24, 2.45) is 5.73 Å². The number of hydrogen-bond donors (Lipinski definition) is 2. The van der Waals surface area contributed by atoms with Gasteiger partial charge in [-0.25, -0.2) is 26.4 Å². The van der Waals surface area contributed by atoms with Crippen molar-refractivity contribution in [2.75, 3.05) is 72.1 Å². The molecule has 0 aliphatic carbocycles. The van der Waals surface area contributed by atoms with Crippen LogP contribution in [0.15, 0.2) is 97.1 Å². The quantitative estimate of drug-likeness (QED) is 0.192.